The number of nitrogens with zero attached hydrogens (tertiary/aromatic N) is 2. The van der Waals surface area contributed by atoms with Crippen molar-refractivity contribution in [2.45, 2.75) is 13.3 Å². The summed E-state index contributed by atoms with van der Waals surface area (Å²) in [6.45, 7) is 9.45. The third-order valence-electron chi connectivity index (χ3n) is 4.47. The van der Waals surface area contributed by atoms with Gasteiger partial charge in [0.15, 0.2) is 0 Å². The second-order valence-electron chi connectivity index (χ2n) is 5.94. The Morgan fingerprint density at radius 3 is 2.35 bits per heavy atom. The van der Waals surface area contributed by atoms with Crippen molar-refractivity contribution in [1.29, 1.82) is 0 Å². The smallest absolute Gasteiger partial charge is 0.351 e. The molecule has 0 atom stereocenters. The van der Waals surface area contributed by atoms with Crippen LogP contribution in [0, 0.1) is 6.57 Å². The minimum absolute atomic E-state index is 0.142. The maximum atomic E-state index is 11.8. The van der Waals surface area contributed by atoms with Crippen LogP contribution in [0.3, 0.4) is 0 Å². The van der Waals surface area contributed by atoms with Crippen molar-refractivity contribution in [1.82, 2.24) is 4.57 Å². The highest BCUT2D eigenvalue weighted by Gasteiger charge is 2.25. The Morgan fingerprint density at radius 2 is 1.81 bits per heavy atom. The summed E-state index contributed by atoms with van der Waals surface area (Å²) in [6, 6.07) is 15.1. The number of aromatic nitrogens is 1. The monoisotopic (exact) mass is 364 g/mol. The van der Waals surface area contributed by atoms with Crippen molar-refractivity contribution >= 4 is 23.3 Å². The van der Waals surface area contributed by atoms with Crippen molar-refractivity contribution in [3.05, 3.63) is 76.4 Å². The predicted octanol–water partition coefficient (Wildman–Crippen LogP) is 5.82. The van der Waals surface area contributed by atoms with Gasteiger partial charge in [-0.1, -0.05) is 54.9 Å². The number of carboxylic acids is 1. The van der Waals surface area contributed by atoms with Crippen LogP contribution in [0.5, 0.6) is 0 Å². The number of halogens is 1. The summed E-state index contributed by atoms with van der Waals surface area (Å²) in [5.74, 6) is -1.04. The van der Waals surface area contributed by atoms with E-state index in [-0.39, 0.29) is 5.69 Å². The van der Waals surface area contributed by atoms with Gasteiger partial charge in [0, 0.05) is 23.3 Å². The molecule has 0 aliphatic rings. The van der Waals surface area contributed by atoms with E-state index in [1.807, 2.05) is 55.5 Å². The topological polar surface area (TPSA) is 46.6 Å². The van der Waals surface area contributed by atoms with Gasteiger partial charge in [-0.3, -0.25) is 0 Å². The molecule has 3 rings (SSSR count). The SMILES string of the molecule is [C-]#[N+]c1c(-c2ccc(-c3cccc(Cl)c3)cc2)c(C(=O)O)n(C)c1CC. The minimum Gasteiger partial charge on any atom is -0.477 e. The lowest BCUT2D eigenvalue weighted by Gasteiger charge is -2.07. The Balaban J connectivity index is 2.16. The quantitative estimate of drug-likeness (QED) is 0.592. The number of carboxylic acid groups (broad SMARTS) is 1. The van der Waals surface area contributed by atoms with Crippen molar-refractivity contribution in [3.63, 3.8) is 0 Å². The van der Waals surface area contributed by atoms with Gasteiger partial charge < -0.3 is 9.67 Å². The zero-order valence-electron chi connectivity index (χ0n) is 14.5. The lowest BCUT2D eigenvalue weighted by atomic mass is 9.99. The molecule has 0 aliphatic heterocycles. The Morgan fingerprint density at radius 1 is 1.15 bits per heavy atom. The second-order valence-corrected chi connectivity index (χ2v) is 6.37. The van der Waals surface area contributed by atoms with Crippen LogP contribution in [-0.2, 0) is 13.5 Å². The lowest BCUT2D eigenvalue weighted by Crippen LogP contribution is -2.07. The van der Waals surface area contributed by atoms with Gasteiger partial charge in [0.05, 0.1) is 6.57 Å². The number of hydrogen-bond donors (Lipinski definition) is 1. The van der Waals surface area contributed by atoms with E-state index in [0.717, 1.165) is 22.4 Å². The predicted molar refractivity (Wildman–Crippen MR) is 104 cm³/mol. The van der Waals surface area contributed by atoms with Crippen LogP contribution >= 0.6 is 11.6 Å². The molecule has 0 unspecified atom stereocenters. The first-order valence-electron chi connectivity index (χ1n) is 8.16. The van der Waals surface area contributed by atoms with Crippen LogP contribution in [0.25, 0.3) is 27.1 Å². The standard InChI is InChI=1S/C21H17ClN2O2/c1-4-17-19(23-2)18(20(21(25)26)24(17)3)14-10-8-13(9-11-14)15-6-5-7-16(22)12-15/h5-12H,4H2,1,3H3,(H,25,26). The molecule has 0 bridgehead atoms. The summed E-state index contributed by atoms with van der Waals surface area (Å²) in [6.07, 6.45) is 0.592. The van der Waals surface area contributed by atoms with E-state index in [0.29, 0.717) is 22.7 Å². The average molecular weight is 365 g/mol. The number of carbonyl (C=O) groups is 1. The van der Waals surface area contributed by atoms with E-state index < -0.39 is 5.97 Å². The summed E-state index contributed by atoms with van der Waals surface area (Å²) in [5, 5.41) is 10.3. The van der Waals surface area contributed by atoms with Crippen LogP contribution in [0.15, 0.2) is 48.5 Å². The molecule has 3 aromatic rings. The van der Waals surface area contributed by atoms with Gasteiger partial charge in [0.1, 0.15) is 5.69 Å². The van der Waals surface area contributed by atoms with Gasteiger partial charge >= 0.3 is 5.97 Å². The third kappa shape index (κ3) is 2.98. The minimum atomic E-state index is -1.04. The molecule has 0 amide bonds. The van der Waals surface area contributed by atoms with Gasteiger partial charge in [-0.05, 0) is 35.2 Å². The average Bonchev–Trinajstić information content (AvgIpc) is 2.93. The summed E-state index contributed by atoms with van der Waals surface area (Å²) in [5.41, 5.74) is 4.43. The maximum absolute atomic E-state index is 11.8. The van der Waals surface area contributed by atoms with Crippen molar-refractivity contribution in [3.8, 4) is 22.3 Å². The lowest BCUT2D eigenvalue weighted by molar-refractivity contribution is 0.0687. The zero-order chi connectivity index (χ0) is 18.8. The van der Waals surface area contributed by atoms with E-state index in [1.54, 1.807) is 11.6 Å². The maximum Gasteiger partial charge on any atom is 0.351 e. The molecule has 0 spiro atoms. The molecule has 4 nitrogen and oxygen atoms in total. The Labute approximate surface area is 157 Å². The fraction of sp³-hybridized carbons (Fsp3) is 0.143. The number of benzene rings is 2. The van der Waals surface area contributed by atoms with Crippen molar-refractivity contribution < 1.29 is 9.90 Å². The molecule has 0 fully saturated rings. The first kappa shape index (κ1) is 17.8. The highest BCUT2D eigenvalue weighted by atomic mass is 35.5. The van der Waals surface area contributed by atoms with Gasteiger partial charge in [-0.2, -0.15) is 0 Å². The Bertz CT molecular complexity index is 1030. The second kappa shape index (κ2) is 7.07. The van der Waals surface area contributed by atoms with E-state index in [9.17, 15) is 9.90 Å². The number of rotatable bonds is 4. The largest absolute Gasteiger partial charge is 0.477 e. The first-order valence-corrected chi connectivity index (χ1v) is 8.54. The summed E-state index contributed by atoms with van der Waals surface area (Å²) in [7, 11) is 1.70. The van der Waals surface area contributed by atoms with Crippen LogP contribution in [0.2, 0.25) is 5.02 Å². The normalized spacial score (nSPS) is 10.5. The zero-order valence-corrected chi connectivity index (χ0v) is 15.2. The van der Waals surface area contributed by atoms with Gasteiger partial charge in [-0.15, -0.1) is 0 Å². The van der Waals surface area contributed by atoms with Gasteiger partial charge in [-0.25, -0.2) is 9.64 Å². The number of hydrogen-bond acceptors (Lipinski definition) is 1. The van der Waals surface area contributed by atoms with Crippen LogP contribution in [-0.4, -0.2) is 15.6 Å². The van der Waals surface area contributed by atoms with Crippen LogP contribution in [0.1, 0.15) is 23.1 Å². The van der Waals surface area contributed by atoms with Crippen molar-refractivity contribution in [2.75, 3.05) is 0 Å². The van der Waals surface area contributed by atoms with Crippen molar-refractivity contribution in [2.24, 2.45) is 7.05 Å². The van der Waals surface area contributed by atoms with E-state index in [1.165, 1.54) is 0 Å². The molecule has 0 radical (unpaired) electrons. The van der Waals surface area contributed by atoms with E-state index >= 15 is 0 Å². The Hall–Kier alpha value is -3.03. The van der Waals surface area contributed by atoms with Gasteiger partial charge in [0.25, 0.3) is 0 Å². The summed E-state index contributed by atoms with van der Waals surface area (Å²) < 4.78 is 1.61. The van der Waals surface area contributed by atoms with Crippen LogP contribution in [0.4, 0.5) is 5.69 Å². The first-order chi connectivity index (χ1) is 12.5. The molecule has 5 heteroatoms. The molecule has 1 N–H and O–H groups in total. The number of aromatic carboxylic acids is 1. The summed E-state index contributed by atoms with van der Waals surface area (Å²) in [4.78, 5) is 15.4. The third-order valence-corrected chi connectivity index (χ3v) is 4.70. The van der Waals surface area contributed by atoms with Gasteiger partial charge in [0.2, 0.25) is 5.69 Å². The fourth-order valence-corrected chi connectivity index (χ4v) is 3.45. The molecule has 26 heavy (non-hydrogen) atoms. The molecule has 1 heterocycles. The highest BCUT2D eigenvalue weighted by Crippen LogP contribution is 2.40. The molecule has 0 saturated heterocycles. The highest BCUT2D eigenvalue weighted by molar-refractivity contribution is 6.30. The molecule has 0 aliphatic carbocycles. The van der Waals surface area contributed by atoms with E-state index in [2.05, 4.69) is 4.85 Å². The Kier molecular flexibility index (Phi) is 4.83. The molecule has 130 valence electrons. The van der Waals surface area contributed by atoms with E-state index in [4.69, 9.17) is 18.2 Å². The molecule has 2 aromatic carbocycles. The fourth-order valence-electron chi connectivity index (χ4n) is 3.26. The summed E-state index contributed by atoms with van der Waals surface area (Å²) >= 11 is 6.05. The van der Waals surface area contributed by atoms with Crippen LogP contribution < -0.4 is 0 Å². The molecule has 0 saturated carbocycles. The molecule has 1 aromatic heterocycles. The molecular formula is C21H17ClN2O2. The molecular weight excluding hydrogens is 348 g/mol.